The second-order valence-electron chi connectivity index (χ2n) is 4.25. The van der Waals surface area contributed by atoms with E-state index in [1.54, 1.807) is 12.1 Å². The lowest BCUT2D eigenvalue weighted by Gasteiger charge is -2.22. The summed E-state index contributed by atoms with van der Waals surface area (Å²) in [4.78, 5) is 0. The van der Waals surface area contributed by atoms with Crippen LogP contribution in [0.3, 0.4) is 0 Å². The Labute approximate surface area is 89.1 Å². The molecule has 0 saturated heterocycles. The van der Waals surface area contributed by atoms with Gasteiger partial charge in [0.2, 0.25) is 0 Å². The molecule has 0 aliphatic carbocycles. The Balaban J connectivity index is 2.92. The van der Waals surface area contributed by atoms with Crippen molar-refractivity contribution in [3.8, 4) is 5.75 Å². The second kappa shape index (κ2) is 4.20. The first-order valence-electron chi connectivity index (χ1n) is 4.53. The number of hydrogen-bond acceptors (Lipinski definition) is 2. The fraction of sp³-hybridized carbons (Fsp3) is 0.455. The number of aromatic hydroxyl groups is 1. The molecule has 2 N–H and O–H groups in total. The van der Waals surface area contributed by atoms with E-state index in [2.05, 4.69) is 0 Å². The molecule has 14 heavy (non-hydrogen) atoms. The summed E-state index contributed by atoms with van der Waals surface area (Å²) in [7, 11) is 0. The summed E-state index contributed by atoms with van der Waals surface area (Å²) < 4.78 is 0. The van der Waals surface area contributed by atoms with Gasteiger partial charge in [-0.2, -0.15) is 0 Å². The zero-order valence-corrected chi connectivity index (χ0v) is 9.17. The van der Waals surface area contributed by atoms with Gasteiger partial charge in [-0.15, -0.1) is 0 Å². The molecule has 0 spiro atoms. The highest BCUT2D eigenvalue weighted by Gasteiger charge is 2.19. The van der Waals surface area contributed by atoms with E-state index in [0.29, 0.717) is 11.4 Å². The highest BCUT2D eigenvalue weighted by molar-refractivity contribution is 6.32. The fourth-order valence-electron chi connectivity index (χ4n) is 1.27. The molecule has 1 aromatic carbocycles. The van der Waals surface area contributed by atoms with Gasteiger partial charge in [0.1, 0.15) is 5.75 Å². The summed E-state index contributed by atoms with van der Waals surface area (Å²) >= 11 is 5.77. The molecule has 1 rings (SSSR count). The van der Waals surface area contributed by atoms with Gasteiger partial charge >= 0.3 is 0 Å². The minimum atomic E-state index is -0.234. The standard InChI is InChI=1S/C11H15ClO2/c1-11(2,7-13)6-8-4-3-5-9(12)10(8)14/h3-5,13-14H,6-7H2,1-2H3. The van der Waals surface area contributed by atoms with Crippen molar-refractivity contribution < 1.29 is 10.2 Å². The van der Waals surface area contributed by atoms with Crippen LogP contribution in [0.2, 0.25) is 5.02 Å². The predicted molar refractivity (Wildman–Crippen MR) is 57.7 cm³/mol. The minimum absolute atomic E-state index is 0.0823. The summed E-state index contributed by atoms with van der Waals surface area (Å²) in [6, 6.07) is 5.26. The maximum Gasteiger partial charge on any atom is 0.137 e. The first-order chi connectivity index (χ1) is 6.46. The number of halogens is 1. The van der Waals surface area contributed by atoms with Crippen molar-refractivity contribution in [3.63, 3.8) is 0 Å². The number of hydrogen-bond donors (Lipinski definition) is 2. The molecule has 0 fully saturated rings. The first-order valence-corrected chi connectivity index (χ1v) is 4.91. The Morgan fingerprint density at radius 1 is 1.36 bits per heavy atom. The van der Waals surface area contributed by atoms with Crippen LogP contribution < -0.4 is 0 Å². The van der Waals surface area contributed by atoms with E-state index in [4.69, 9.17) is 16.7 Å². The lowest BCUT2D eigenvalue weighted by Crippen LogP contribution is -2.19. The molecule has 1 aromatic rings. The molecule has 2 nitrogen and oxygen atoms in total. The van der Waals surface area contributed by atoms with E-state index < -0.39 is 0 Å². The average Bonchev–Trinajstić information content (AvgIpc) is 2.13. The molecule has 0 saturated carbocycles. The molecule has 78 valence electrons. The molecular formula is C11H15ClO2. The van der Waals surface area contributed by atoms with Crippen LogP contribution in [0.25, 0.3) is 0 Å². The number of para-hydroxylation sites is 1. The first kappa shape index (κ1) is 11.3. The van der Waals surface area contributed by atoms with Gasteiger partial charge in [-0.1, -0.05) is 37.6 Å². The van der Waals surface area contributed by atoms with E-state index >= 15 is 0 Å². The lowest BCUT2D eigenvalue weighted by molar-refractivity contribution is 0.159. The molecule has 3 heteroatoms. The van der Waals surface area contributed by atoms with Gasteiger partial charge in [-0.05, 0) is 23.5 Å². The normalized spacial score (nSPS) is 11.7. The van der Waals surface area contributed by atoms with Crippen LogP contribution in [0, 0.1) is 5.41 Å². The van der Waals surface area contributed by atoms with Crippen molar-refractivity contribution in [2.24, 2.45) is 5.41 Å². The van der Waals surface area contributed by atoms with Crippen LogP contribution in [0.15, 0.2) is 18.2 Å². The van der Waals surface area contributed by atoms with Crippen molar-refractivity contribution in [2.75, 3.05) is 6.61 Å². The fourth-order valence-corrected chi connectivity index (χ4v) is 1.47. The van der Waals surface area contributed by atoms with Crippen LogP contribution in [-0.2, 0) is 6.42 Å². The van der Waals surface area contributed by atoms with Gasteiger partial charge in [0, 0.05) is 6.61 Å². The van der Waals surface area contributed by atoms with Crippen molar-refractivity contribution in [3.05, 3.63) is 28.8 Å². The van der Waals surface area contributed by atoms with Crippen LogP contribution in [0.5, 0.6) is 5.75 Å². The van der Waals surface area contributed by atoms with Gasteiger partial charge in [0.25, 0.3) is 0 Å². The molecule has 0 aliphatic rings. The largest absolute Gasteiger partial charge is 0.506 e. The van der Waals surface area contributed by atoms with E-state index in [1.807, 2.05) is 19.9 Å². The summed E-state index contributed by atoms with van der Waals surface area (Å²) in [5.74, 6) is 0.121. The molecule has 0 unspecified atom stereocenters. The Bertz CT molecular complexity index is 321. The number of phenols is 1. The van der Waals surface area contributed by atoms with E-state index in [1.165, 1.54) is 0 Å². The zero-order valence-electron chi connectivity index (χ0n) is 8.42. The summed E-state index contributed by atoms with van der Waals surface area (Å²) in [5, 5.41) is 19.1. The third-order valence-corrected chi connectivity index (χ3v) is 2.47. The summed E-state index contributed by atoms with van der Waals surface area (Å²) in [6.45, 7) is 3.96. The summed E-state index contributed by atoms with van der Waals surface area (Å²) in [6.07, 6.45) is 0.607. The zero-order chi connectivity index (χ0) is 10.8. The number of benzene rings is 1. The molecule has 0 bridgehead atoms. The summed E-state index contributed by atoms with van der Waals surface area (Å²) in [5.41, 5.74) is 0.541. The van der Waals surface area contributed by atoms with Crippen LogP contribution >= 0.6 is 11.6 Å². The number of aliphatic hydroxyl groups excluding tert-OH is 1. The monoisotopic (exact) mass is 214 g/mol. The molecule has 0 radical (unpaired) electrons. The van der Waals surface area contributed by atoms with Gasteiger partial charge in [-0.25, -0.2) is 0 Å². The molecular weight excluding hydrogens is 200 g/mol. The van der Waals surface area contributed by atoms with Gasteiger partial charge in [0.05, 0.1) is 5.02 Å². The van der Waals surface area contributed by atoms with Crippen molar-refractivity contribution in [1.82, 2.24) is 0 Å². The highest BCUT2D eigenvalue weighted by atomic mass is 35.5. The van der Waals surface area contributed by atoms with Gasteiger partial charge in [-0.3, -0.25) is 0 Å². The topological polar surface area (TPSA) is 40.5 Å². The molecule has 0 aromatic heterocycles. The second-order valence-corrected chi connectivity index (χ2v) is 4.65. The number of rotatable bonds is 3. The van der Waals surface area contributed by atoms with Crippen molar-refractivity contribution in [2.45, 2.75) is 20.3 Å². The van der Waals surface area contributed by atoms with Crippen LogP contribution in [-0.4, -0.2) is 16.8 Å². The van der Waals surface area contributed by atoms with E-state index in [-0.39, 0.29) is 17.8 Å². The van der Waals surface area contributed by atoms with Crippen LogP contribution in [0.4, 0.5) is 0 Å². The quantitative estimate of drug-likeness (QED) is 0.812. The van der Waals surface area contributed by atoms with Crippen molar-refractivity contribution >= 4 is 11.6 Å². The molecule has 0 amide bonds. The van der Waals surface area contributed by atoms with Crippen molar-refractivity contribution in [1.29, 1.82) is 0 Å². The highest BCUT2D eigenvalue weighted by Crippen LogP contribution is 2.31. The minimum Gasteiger partial charge on any atom is -0.506 e. The number of phenolic OH excluding ortho intramolecular Hbond substituents is 1. The average molecular weight is 215 g/mol. The van der Waals surface area contributed by atoms with Gasteiger partial charge in [0.15, 0.2) is 0 Å². The molecule has 0 heterocycles. The number of aliphatic hydroxyl groups is 1. The molecule has 0 atom stereocenters. The smallest absolute Gasteiger partial charge is 0.137 e. The Kier molecular flexibility index (Phi) is 3.40. The molecule has 0 aliphatic heterocycles. The van der Waals surface area contributed by atoms with Crippen LogP contribution in [0.1, 0.15) is 19.4 Å². The van der Waals surface area contributed by atoms with E-state index in [9.17, 15) is 5.11 Å². The Morgan fingerprint density at radius 3 is 2.57 bits per heavy atom. The third-order valence-electron chi connectivity index (χ3n) is 2.17. The Morgan fingerprint density at radius 2 is 2.00 bits per heavy atom. The maximum atomic E-state index is 9.64. The van der Waals surface area contributed by atoms with E-state index in [0.717, 1.165) is 5.56 Å². The third kappa shape index (κ3) is 2.63. The SMILES string of the molecule is CC(C)(CO)Cc1cccc(Cl)c1O. The Hall–Kier alpha value is -0.730. The van der Waals surface area contributed by atoms with Gasteiger partial charge < -0.3 is 10.2 Å². The maximum absolute atomic E-state index is 9.64. The predicted octanol–water partition coefficient (Wildman–Crippen LogP) is 2.61. The lowest BCUT2D eigenvalue weighted by atomic mass is 9.86.